The first-order valence-corrected chi connectivity index (χ1v) is 15.0. The van der Waals surface area contributed by atoms with Gasteiger partial charge in [0.2, 0.25) is 21.8 Å². The molecule has 2 aromatic rings. The lowest BCUT2D eigenvalue weighted by molar-refractivity contribution is -0.141. The summed E-state index contributed by atoms with van der Waals surface area (Å²) in [5, 5.41) is 3.68. The molecule has 0 aliphatic rings. The normalized spacial score (nSPS) is 12.5. The SMILES string of the molecule is CCOc1ccc(N(CCCC(=O)N(Cc2c(Cl)cccc2Cl)C(C)C(=O)NC(C)(C)C)S(C)(=O)=O)cc1. The summed E-state index contributed by atoms with van der Waals surface area (Å²) in [6.07, 6.45) is 1.37. The number of carbonyl (C=O) groups is 2. The number of benzene rings is 2. The lowest BCUT2D eigenvalue weighted by atomic mass is 10.1. The molecule has 2 aromatic carbocycles. The number of carbonyl (C=O) groups excluding carboxylic acids is 2. The monoisotopic (exact) mass is 585 g/mol. The Morgan fingerprint density at radius 2 is 1.63 bits per heavy atom. The largest absolute Gasteiger partial charge is 0.494 e. The van der Waals surface area contributed by atoms with Gasteiger partial charge in [0, 0.05) is 40.7 Å². The summed E-state index contributed by atoms with van der Waals surface area (Å²) < 4.78 is 31.7. The van der Waals surface area contributed by atoms with Gasteiger partial charge in [0.15, 0.2) is 0 Å². The number of hydrogen-bond donors (Lipinski definition) is 1. The van der Waals surface area contributed by atoms with Crippen molar-refractivity contribution in [3.8, 4) is 5.75 Å². The lowest BCUT2D eigenvalue weighted by Gasteiger charge is -2.32. The van der Waals surface area contributed by atoms with Crippen molar-refractivity contribution < 1.29 is 22.7 Å². The van der Waals surface area contributed by atoms with E-state index in [0.717, 1.165) is 6.26 Å². The Morgan fingerprint density at radius 3 is 2.13 bits per heavy atom. The van der Waals surface area contributed by atoms with Crippen LogP contribution in [0.5, 0.6) is 5.75 Å². The van der Waals surface area contributed by atoms with Crippen molar-refractivity contribution in [2.24, 2.45) is 0 Å². The average molecular weight is 587 g/mol. The van der Waals surface area contributed by atoms with Gasteiger partial charge < -0.3 is 15.0 Å². The van der Waals surface area contributed by atoms with Crippen molar-refractivity contribution >= 4 is 50.7 Å². The maximum Gasteiger partial charge on any atom is 0.242 e. The van der Waals surface area contributed by atoms with Crippen LogP contribution >= 0.6 is 23.2 Å². The highest BCUT2D eigenvalue weighted by Gasteiger charge is 2.29. The predicted octanol–water partition coefficient (Wildman–Crippen LogP) is 5.27. The van der Waals surface area contributed by atoms with Gasteiger partial charge in [-0.25, -0.2) is 8.42 Å². The smallest absolute Gasteiger partial charge is 0.242 e. The molecule has 2 rings (SSSR count). The Hall–Kier alpha value is -2.49. The van der Waals surface area contributed by atoms with Gasteiger partial charge in [-0.15, -0.1) is 0 Å². The van der Waals surface area contributed by atoms with Crippen LogP contribution in [0.2, 0.25) is 10.0 Å². The highest BCUT2D eigenvalue weighted by atomic mass is 35.5. The van der Waals surface area contributed by atoms with E-state index in [1.165, 1.54) is 9.21 Å². The van der Waals surface area contributed by atoms with E-state index in [-0.39, 0.29) is 37.7 Å². The van der Waals surface area contributed by atoms with Gasteiger partial charge in [-0.2, -0.15) is 0 Å². The van der Waals surface area contributed by atoms with Crippen molar-refractivity contribution in [3.63, 3.8) is 0 Å². The number of amides is 2. The molecule has 0 aromatic heterocycles. The van der Waals surface area contributed by atoms with Crippen LogP contribution in [0.4, 0.5) is 5.69 Å². The molecule has 0 bridgehead atoms. The number of nitrogens with one attached hydrogen (secondary N) is 1. The summed E-state index contributed by atoms with van der Waals surface area (Å²) in [5.41, 5.74) is 0.517. The zero-order valence-corrected chi connectivity index (χ0v) is 25.1. The van der Waals surface area contributed by atoms with Gasteiger partial charge in [-0.1, -0.05) is 29.3 Å². The lowest BCUT2D eigenvalue weighted by Crippen LogP contribution is -2.52. The Balaban J connectivity index is 2.23. The van der Waals surface area contributed by atoms with Crippen molar-refractivity contribution in [2.75, 3.05) is 23.7 Å². The van der Waals surface area contributed by atoms with Crippen molar-refractivity contribution in [2.45, 2.75) is 65.6 Å². The standard InChI is InChI=1S/C27H37Cl2N3O5S/c1-7-37-21-15-13-20(14-16-21)32(38(6,35)36)17-9-12-25(33)31(19(2)26(34)30-27(3,4)5)18-22-23(28)10-8-11-24(22)29/h8,10-11,13-16,19H,7,9,12,17-18H2,1-6H3,(H,30,34). The van der Waals surface area contributed by atoms with Crippen molar-refractivity contribution in [3.05, 3.63) is 58.1 Å². The maximum atomic E-state index is 13.4. The summed E-state index contributed by atoms with van der Waals surface area (Å²) in [5.74, 6) is -0.00450. The van der Waals surface area contributed by atoms with Gasteiger partial charge >= 0.3 is 0 Å². The quantitative estimate of drug-likeness (QED) is 0.366. The molecule has 0 saturated carbocycles. The topological polar surface area (TPSA) is 96.0 Å². The molecule has 2 amide bonds. The second kappa shape index (κ2) is 13.5. The number of rotatable bonds is 12. The predicted molar refractivity (Wildman–Crippen MR) is 153 cm³/mol. The minimum atomic E-state index is -3.60. The first-order valence-electron chi connectivity index (χ1n) is 12.4. The first kappa shape index (κ1) is 31.7. The fraction of sp³-hybridized carbons (Fsp3) is 0.481. The van der Waals surface area contributed by atoms with Crippen LogP contribution in [-0.2, 0) is 26.2 Å². The molecule has 1 N–H and O–H groups in total. The fourth-order valence-corrected chi connectivity index (χ4v) is 5.27. The summed E-state index contributed by atoms with van der Waals surface area (Å²) in [6, 6.07) is 11.0. The molecule has 0 heterocycles. The van der Waals surface area contributed by atoms with Crippen LogP contribution in [0.1, 0.15) is 53.0 Å². The molecular weight excluding hydrogens is 549 g/mol. The number of halogens is 2. The Kier molecular flexibility index (Phi) is 11.3. The molecule has 0 aliphatic heterocycles. The van der Waals surface area contributed by atoms with Crippen molar-refractivity contribution in [1.82, 2.24) is 10.2 Å². The summed E-state index contributed by atoms with van der Waals surface area (Å²) in [7, 11) is -3.60. The molecule has 0 saturated heterocycles. The third-order valence-corrected chi connectivity index (χ3v) is 7.55. The highest BCUT2D eigenvalue weighted by Crippen LogP contribution is 2.27. The van der Waals surface area contributed by atoms with E-state index in [1.54, 1.807) is 49.4 Å². The number of hydrogen-bond acceptors (Lipinski definition) is 5. The second-order valence-electron chi connectivity index (χ2n) is 10.0. The Morgan fingerprint density at radius 1 is 1.05 bits per heavy atom. The third kappa shape index (κ3) is 9.36. The molecule has 0 radical (unpaired) electrons. The minimum Gasteiger partial charge on any atom is -0.494 e. The summed E-state index contributed by atoms with van der Waals surface area (Å²) >= 11 is 12.7. The van der Waals surface area contributed by atoms with E-state index in [9.17, 15) is 18.0 Å². The van der Waals surface area contributed by atoms with E-state index in [2.05, 4.69) is 5.32 Å². The number of anilines is 1. The van der Waals surface area contributed by atoms with Gasteiger partial charge in [-0.3, -0.25) is 13.9 Å². The van der Waals surface area contributed by atoms with Gasteiger partial charge in [-0.05, 0) is 77.4 Å². The average Bonchev–Trinajstić information content (AvgIpc) is 2.80. The van der Waals surface area contributed by atoms with Crippen LogP contribution < -0.4 is 14.4 Å². The van der Waals surface area contributed by atoms with Crippen LogP contribution in [0.15, 0.2) is 42.5 Å². The van der Waals surface area contributed by atoms with Crippen LogP contribution in [0.25, 0.3) is 0 Å². The molecule has 0 aliphatic carbocycles. The van der Waals surface area contributed by atoms with E-state index < -0.39 is 21.6 Å². The Labute approximate surface area is 236 Å². The highest BCUT2D eigenvalue weighted by molar-refractivity contribution is 7.92. The minimum absolute atomic E-state index is 0.0122. The summed E-state index contributed by atoms with van der Waals surface area (Å²) in [6.45, 7) is 9.70. The zero-order chi connectivity index (χ0) is 28.7. The molecule has 1 atom stereocenters. The summed E-state index contributed by atoms with van der Waals surface area (Å²) in [4.78, 5) is 27.8. The number of sulfonamides is 1. The Bertz CT molecular complexity index is 1190. The number of ether oxygens (including phenoxy) is 1. The van der Waals surface area contributed by atoms with Crippen molar-refractivity contribution in [1.29, 1.82) is 0 Å². The van der Waals surface area contributed by atoms with Gasteiger partial charge in [0.05, 0.1) is 18.6 Å². The first-order chi connectivity index (χ1) is 17.6. The molecule has 1 unspecified atom stereocenters. The van der Waals surface area contributed by atoms with E-state index in [4.69, 9.17) is 27.9 Å². The second-order valence-corrected chi connectivity index (χ2v) is 12.7. The molecule has 210 valence electrons. The van der Waals surface area contributed by atoms with E-state index >= 15 is 0 Å². The van der Waals surface area contributed by atoms with Gasteiger partial charge in [0.1, 0.15) is 11.8 Å². The van der Waals surface area contributed by atoms with Crippen LogP contribution in [0.3, 0.4) is 0 Å². The van der Waals surface area contributed by atoms with Crippen LogP contribution in [0, 0.1) is 0 Å². The molecular formula is C27H37Cl2N3O5S. The molecule has 38 heavy (non-hydrogen) atoms. The fourth-order valence-electron chi connectivity index (χ4n) is 3.79. The zero-order valence-electron chi connectivity index (χ0n) is 22.8. The van der Waals surface area contributed by atoms with Gasteiger partial charge in [0.25, 0.3) is 0 Å². The van der Waals surface area contributed by atoms with Crippen LogP contribution in [-0.4, -0.2) is 56.1 Å². The van der Waals surface area contributed by atoms with E-state index in [0.29, 0.717) is 33.7 Å². The molecule has 11 heteroatoms. The molecule has 0 fully saturated rings. The maximum absolute atomic E-state index is 13.4. The van der Waals surface area contributed by atoms with E-state index in [1.807, 2.05) is 27.7 Å². The molecule has 0 spiro atoms. The molecule has 8 nitrogen and oxygen atoms in total. The third-order valence-electron chi connectivity index (χ3n) is 5.64. The number of nitrogens with zero attached hydrogens (tertiary/aromatic N) is 2.